The first-order chi connectivity index (χ1) is 10.1. The Morgan fingerprint density at radius 1 is 1.14 bits per heavy atom. The van der Waals surface area contributed by atoms with Gasteiger partial charge in [-0.1, -0.05) is 24.3 Å². The Balaban J connectivity index is 1.93. The van der Waals surface area contributed by atoms with Crippen LogP contribution in [0.15, 0.2) is 59.7 Å². The van der Waals surface area contributed by atoms with E-state index in [4.69, 9.17) is 0 Å². The molecule has 2 aromatic carbocycles. The van der Waals surface area contributed by atoms with Crippen LogP contribution in [0.4, 0.5) is 4.39 Å². The number of hydrogen-bond donors (Lipinski definition) is 1. The highest BCUT2D eigenvalue weighted by molar-refractivity contribution is 5.76. The van der Waals surface area contributed by atoms with Crippen LogP contribution in [0.1, 0.15) is 11.7 Å². The van der Waals surface area contributed by atoms with Crippen LogP contribution in [0.25, 0.3) is 10.9 Å². The topological polar surface area (TPSA) is 55.1 Å². The molecule has 4 nitrogen and oxygen atoms in total. The van der Waals surface area contributed by atoms with E-state index in [2.05, 4.69) is 4.98 Å². The average Bonchev–Trinajstić information content (AvgIpc) is 2.51. The van der Waals surface area contributed by atoms with Gasteiger partial charge in [0.05, 0.1) is 29.9 Å². The summed E-state index contributed by atoms with van der Waals surface area (Å²) in [7, 11) is 0. The van der Waals surface area contributed by atoms with Crippen molar-refractivity contribution < 1.29 is 9.50 Å². The van der Waals surface area contributed by atoms with E-state index in [1.54, 1.807) is 18.2 Å². The van der Waals surface area contributed by atoms with Gasteiger partial charge in [-0.2, -0.15) is 0 Å². The third-order valence-electron chi connectivity index (χ3n) is 3.36. The van der Waals surface area contributed by atoms with E-state index in [0.29, 0.717) is 16.5 Å². The number of nitrogens with zero attached hydrogens (tertiary/aromatic N) is 2. The largest absolute Gasteiger partial charge is 0.387 e. The second kappa shape index (κ2) is 5.46. The van der Waals surface area contributed by atoms with Crippen molar-refractivity contribution in [3.63, 3.8) is 0 Å². The maximum atomic E-state index is 12.9. The van der Waals surface area contributed by atoms with Gasteiger partial charge in [-0.05, 0) is 29.8 Å². The third kappa shape index (κ3) is 2.68. The summed E-state index contributed by atoms with van der Waals surface area (Å²) in [6.45, 7) is 0.0717. The van der Waals surface area contributed by atoms with Crippen molar-refractivity contribution in [2.75, 3.05) is 0 Å². The second-order valence-electron chi connectivity index (χ2n) is 4.79. The van der Waals surface area contributed by atoms with E-state index in [0.717, 1.165) is 0 Å². The Morgan fingerprint density at radius 3 is 2.62 bits per heavy atom. The maximum absolute atomic E-state index is 12.9. The molecule has 1 N–H and O–H groups in total. The summed E-state index contributed by atoms with van der Waals surface area (Å²) in [6.07, 6.45) is 0.517. The molecule has 3 aromatic rings. The van der Waals surface area contributed by atoms with Crippen LogP contribution in [0.2, 0.25) is 0 Å². The smallest absolute Gasteiger partial charge is 0.261 e. The summed E-state index contributed by atoms with van der Waals surface area (Å²) in [4.78, 5) is 16.5. The molecule has 21 heavy (non-hydrogen) atoms. The van der Waals surface area contributed by atoms with Crippen molar-refractivity contribution >= 4 is 10.9 Å². The molecule has 0 fully saturated rings. The molecule has 5 heteroatoms. The monoisotopic (exact) mass is 284 g/mol. The molecule has 0 bridgehead atoms. The van der Waals surface area contributed by atoms with Crippen LogP contribution in [0, 0.1) is 5.82 Å². The molecule has 106 valence electrons. The van der Waals surface area contributed by atoms with Crippen LogP contribution in [-0.2, 0) is 6.54 Å². The molecule has 1 atom stereocenters. The number of benzene rings is 2. The molecule has 0 aliphatic carbocycles. The minimum absolute atomic E-state index is 0.0717. The van der Waals surface area contributed by atoms with Crippen LogP contribution >= 0.6 is 0 Å². The van der Waals surface area contributed by atoms with E-state index in [-0.39, 0.29) is 17.9 Å². The lowest BCUT2D eigenvalue weighted by molar-refractivity contribution is 0.155. The highest BCUT2D eigenvalue weighted by Gasteiger charge is 2.11. The van der Waals surface area contributed by atoms with Gasteiger partial charge in [0, 0.05) is 0 Å². The molecule has 0 radical (unpaired) electrons. The van der Waals surface area contributed by atoms with Crippen LogP contribution in [0.5, 0.6) is 0 Å². The van der Waals surface area contributed by atoms with E-state index in [9.17, 15) is 14.3 Å². The minimum atomic E-state index is -0.897. The van der Waals surface area contributed by atoms with Gasteiger partial charge in [0.1, 0.15) is 5.82 Å². The fourth-order valence-electron chi connectivity index (χ4n) is 2.21. The number of halogens is 1. The summed E-state index contributed by atoms with van der Waals surface area (Å²) >= 11 is 0. The molecule has 3 rings (SSSR count). The highest BCUT2D eigenvalue weighted by atomic mass is 19.1. The van der Waals surface area contributed by atoms with Gasteiger partial charge in [0.25, 0.3) is 5.56 Å². The third-order valence-corrected chi connectivity index (χ3v) is 3.36. The maximum Gasteiger partial charge on any atom is 0.261 e. The van der Waals surface area contributed by atoms with Crippen molar-refractivity contribution in [3.05, 3.63) is 76.6 Å². The van der Waals surface area contributed by atoms with Crippen LogP contribution < -0.4 is 5.56 Å². The number of rotatable bonds is 3. The van der Waals surface area contributed by atoms with Gasteiger partial charge in [0.2, 0.25) is 0 Å². The zero-order valence-electron chi connectivity index (χ0n) is 11.1. The normalized spacial score (nSPS) is 12.5. The van der Waals surface area contributed by atoms with Crippen LogP contribution in [0.3, 0.4) is 0 Å². The first-order valence-corrected chi connectivity index (χ1v) is 6.53. The fraction of sp³-hybridized carbons (Fsp3) is 0.125. The Kier molecular flexibility index (Phi) is 3.50. The van der Waals surface area contributed by atoms with Crippen molar-refractivity contribution in [2.24, 2.45) is 0 Å². The first kappa shape index (κ1) is 13.5. The van der Waals surface area contributed by atoms with Gasteiger partial charge in [-0.25, -0.2) is 9.37 Å². The molecule has 0 saturated heterocycles. The van der Waals surface area contributed by atoms with Crippen LogP contribution in [-0.4, -0.2) is 14.7 Å². The van der Waals surface area contributed by atoms with Gasteiger partial charge in [-0.15, -0.1) is 0 Å². The second-order valence-corrected chi connectivity index (χ2v) is 4.79. The molecule has 0 amide bonds. The van der Waals surface area contributed by atoms with Crippen molar-refractivity contribution in [1.29, 1.82) is 0 Å². The van der Waals surface area contributed by atoms with Gasteiger partial charge in [0.15, 0.2) is 0 Å². The highest BCUT2D eigenvalue weighted by Crippen LogP contribution is 2.15. The van der Waals surface area contributed by atoms with Crippen molar-refractivity contribution in [3.8, 4) is 0 Å². The zero-order chi connectivity index (χ0) is 14.8. The Morgan fingerprint density at radius 2 is 1.86 bits per heavy atom. The summed E-state index contributed by atoms with van der Waals surface area (Å²) in [6, 6.07) is 12.6. The molecule has 0 spiro atoms. The molecule has 1 heterocycles. The molecule has 0 aliphatic heterocycles. The number of fused-ring (bicyclic) bond motifs is 1. The quantitative estimate of drug-likeness (QED) is 0.802. The molecular formula is C16H13FN2O2. The number of aliphatic hydroxyl groups is 1. The van der Waals surface area contributed by atoms with Gasteiger partial charge < -0.3 is 5.11 Å². The van der Waals surface area contributed by atoms with E-state index in [1.807, 2.05) is 6.07 Å². The molecular weight excluding hydrogens is 271 g/mol. The molecule has 1 aromatic heterocycles. The summed E-state index contributed by atoms with van der Waals surface area (Å²) < 4.78 is 14.2. The zero-order valence-corrected chi connectivity index (χ0v) is 11.1. The lowest BCUT2D eigenvalue weighted by atomic mass is 10.1. The number of aromatic nitrogens is 2. The molecule has 0 saturated carbocycles. The predicted molar refractivity (Wildman–Crippen MR) is 77.4 cm³/mol. The predicted octanol–water partition coefficient (Wildman–Crippen LogP) is 2.27. The first-order valence-electron chi connectivity index (χ1n) is 6.53. The summed E-state index contributed by atoms with van der Waals surface area (Å²) in [5, 5.41) is 10.7. The lowest BCUT2D eigenvalue weighted by Crippen LogP contribution is -2.23. The molecule has 0 aliphatic rings. The van der Waals surface area contributed by atoms with E-state index < -0.39 is 6.10 Å². The minimum Gasteiger partial charge on any atom is -0.387 e. The Hall–Kier alpha value is -2.53. The van der Waals surface area contributed by atoms with E-state index in [1.165, 1.54) is 35.2 Å². The molecule has 1 unspecified atom stereocenters. The van der Waals surface area contributed by atoms with E-state index >= 15 is 0 Å². The summed E-state index contributed by atoms with van der Waals surface area (Å²) in [5.74, 6) is -0.365. The van der Waals surface area contributed by atoms with Crippen molar-refractivity contribution in [2.45, 2.75) is 12.6 Å². The standard InChI is InChI=1S/C16H13FN2O2/c17-12-7-5-11(6-8-12)15(20)9-19-10-18-14-4-2-1-3-13(14)16(19)21/h1-8,10,15,20H,9H2. The SMILES string of the molecule is O=c1c2ccccc2ncn1CC(O)c1ccc(F)cc1. The Labute approximate surface area is 120 Å². The van der Waals surface area contributed by atoms with Crippen molar-refractivity contribution in [1.82, 2.24) is 9.55 Å². The Bertz CT molecular complexity index is 828. The number of hydrogen-bond acceptors (Lipinski definition) is 3. The number of aliphatic hydroxyl groups excluding tert-OH is 1. The lowest BCUT2D eigenvalue weighted by Gasteiger charge is -2.13. The number of para-hydroxylation sites is 1. The van der Waals surface area contributed by atoms with Gasteiger partial charge in [-0.3, -0.25) is 9.36 Å². The summed E-state index contributed by atoms with van der Waals surface area (Å²) in [5.41, 5.74) is 0.966. The van der Waals surface area contributed by atoms with Gasteiger partial charge >= 0.3 is 0 Å². The fourth-order valence-corrected chi connectivity index (χ4v) is 2.21. The average molecular weight is 284 g/mol.